The Bertz CT molecular complexity index is 656. The van der Waals surface area contributed by atoms with Gasteiger partial charge in [0.2, 0.25) is 15.9 Å². The summed E-state index contributed by atoms with van der Waals surface area (Å²) in [5.74, 6) is 0.506. The van der Waals surface area contributed by atoms with Gasteiger partial charge < -0.3 is 5.32 Å². The number of rotatable bonds is 8. The number of halogens is 1. The molecule has 0 saturated carbocycles. The van der Waals surface area contributed by atoms with E-state index in [0.717, 1.165) is 12.1 Å². The average molecular weight is 388 g/mol. The molecule has 0 atom stereocenters. The third-order valence-corrected chi connectivity index (χ3v) is 6.46. The van der Waals surface area contributed by atoms with Gasteiger partial charge in [0, 0.05) is 51.6 Å². The molecule has 1 saturated heterocycles. The van der Waals surface area contributed by atoms with E-state index in [2.05, 4.69) is 10.2 Å². The van der Waals surface area contributed by atoms with Gasteiger partial charge in [-0.25, -0.2) is 8.42 Å². The number of piperazine rings is 1. The van der Waals surface area contributed by atoms with E-state index in [4.69, 9.17) is 11.6 Å². The van der Waals surface area contributed by atoms with Gasteiger partial charge in [-0.1, -0.05) is 17.7 Å². The minimum absolute atomic E-state index is 0.0150. The molecule has 1 aromatic carbocycles. The van der Waals surface area contributed by atoms with Crippen LogP contribution in [-0.4, -0.2) is 68.7 Å². The number of amides is 1. The fourth-order valence-corrected chi connectivity index (χ4v) is 4.28. The zero-order chi connectivity index (χ0) is 18.3. The topological polar surface area (TPSA) is 69.7 Å². The number of hydrogen-bond acceptors (Lipinski definition) is 4. The zero-order valence-corrected chi connectivity index (χ0v) is 16.2. The van der Waals surface area contributed by atoms with E-state index in [1.54, 1.807) is 12.1 Å². The molecule has 25 heavy (non-hydrogen) atoms. The van der Waals surface area contributed by atoms with Gasteiger partial charge in [-0.15, -0.1) is 11.6 Å². The molecule has 6 nitrogen and oxygen atoms in total. The van der Waals surface area contributed by atoms with Gasteiger partial charge in [-0.3, -0.25) is 9.69 Å². The molecular weight excluding hydrogens is 362 g/mol. The summed E-state index contributed by atoms with van der Waals surface area (Å²) in [4.78, 5) is 14.0. The molecule has 0 radical (unpaired) electrons. The molecule has 0 aromatic heterocycles. The largest absolute Gasteiger partial charge is 0.355 e. The van der Waals surface area contributed by atoms with Gasteiger partial charge in [-0.2, -0.15) is 4.31 Å². The number of benzene rings is 1. The molecule has 140 valence electrons. The van der Waals surface area contributed by atoms with Gasteiger partial charge in [0.05, 0.1) is 4.90 Å². The molecule has 1 aliphatic heterocycles. The van der Waals surface area contributed by atoms with Crippen LogP contribution in [0.5, 0.6) is 0 Å². The summed E-state index contributed by atoms with van der Waals surface area (Å²) in [6.07, 6.45) is 1.13. The van der Waals surface area contributed by atoms with Gasteiger partial charge in [0.25, 0.3) is 0 Å². The minimum atomic E-state index is -3.42. The Morgan fingerprint density at radius 3 is 2.40 bits per heavy atom. The minimum Gasteiger partial charge on any atom is -0.355 e. The number of sulfonamides is 1. The van der Waals surface area contributed by atoms with Crippen LogP contribution >= 0.6 is 11.6 Å². The molecule has 1 aromatic rings. The van der Waals surface area contributed by atoms with E-state index < -0.39 is 10.0 Å². The first-order valence-corrected chi connectivity index (χ1v) is 10.5. The predicted octanol–water partition coefficient (Wildman–Crippen LogP) is 1.44. The van der Waals surface area contributed by atoms with Gasteiger partial charge in [0.1, 0.15) is 0 Å². The van der Waals surface area contributed by atoms with Crippen molar-refractivity contribution < 1.29 is 13.2 Å². The lowest BCUT2D eigenvalue weighted by Crippen LogP contribution is -2.50. The lowest BCUT2D eigenvalue weighted by molar-refractivity contribution is -0.121. The number of aryl methyl sites for hydroxylation is 1. The van der Waals surface area contributed by atoms with Crippen LogP contribution < -0.4 is 5.32 Å². The molecule has 0 bridgehead atoms. The third-order valence-electron chi connectivity index (χ3n) is 4.28. The van der Waals surface area contributed by atoms with Crippen LogP contribution in [0.3, 0.4) is 0 Å². The molecule has 1 heterocycles. The van der Waals surface area contributed by atoms with E-state index in [1.807, 2.05) is 19.1 Å². The van der Waals surface area contributed by atoms with Crippen LogP contribution in [0.2, 0.25) is 0 Å². The highest BCUT2D eigenvalue weighted by Crippen LogP contribution is 2.18. The van der Waals surface area contributed by atoms with Crippen LogP contribution in [0.25, 0.3) is 0 Å². The first-order valence-electron chi connectivity index (χ1n) is 8.55. The maximum Gasteiger partial charge on any atom is 0.243 e. The van der Waals surface area contributed by atoms with Crippen LogP contribution in [0.1, 0.15) is 18.4 Å². The summed E-state index contributed by atoms with van der Waals surface area (Å²) in [6.45, 7) is 5.51. The van der Waals surface area contributed by atoms with Crippen molar-refractivity contribution in [1.29, 1.82) is 0 Å². The molecule has 1 N–H and O–H groups in total. The molecule has 1 amide bonds. The Morgan fingerprint density at radius 2 is 1.80 bits per heavy atom. The van der Waals surface area contributed by atoms with E-state index in [0.29, 0.717) is 56.3 Å². The number of alkyl halides is 1. The second-order valence-corrected chi connectivity index (χ2v) is 8.52. The first-order chi connectivity index (χ1) is 11.9. The van der Waals surface area contributed by atoms with Crippen molar-refractivity contribution in [3.8, 4) is 0 Å². The molecule has 0 unspecified atom stereocenters. The molecule has 0 aliphatic carbocycles. The van der Waals surface area contributed by atoms with Crippen LogP contribution in [0, 0.1) is 6.92 Å². The van der Waals surface area contributed by atoms with Crippen molar-refractivity contribution in [3.05, 3.63) is 29.8 Å². The highest BCUT2D eigenvalue weighted by molar-refractivity contribution is 7.89. The Balaban J connectivity index is 1.77. The standard InChI is InChI=1S/C17H26ClN3O3S/c1-15-4-6-16(7-5-15)25(23,24)21-13-11-20(12-14-21)10-9-19-17(22)3-2-8-18/h4-7H,2-3,8-14H2,1H3,(H,19,22). The van der Waals surface area contributed by atoms with Crippen molar-refractivity contribution in [3.63, 3.8) is 0 Å². The van der Waals surface area contributed by atoms with Gasteiger partial charge in [0.15, 0.2) is 0 Å². The van der Waals surface area contributed by atoms with Crippen molar-refractivity contribution in [2.75, 3.05) is 45.1 Å². The van der Waals surface area contributed by atoms with Crippen molar-refractivity contribution >= 4 is 27.5 Å². The molecular formula is C17H26ClN3O3S. The number of nitrogens with zero attached hydrogens (tertiary/aromatic N) is 2. The highest BCUT2D eigenvalue weighted by Gasteiger charge is 2.28. The first kappa shape index (κ1) is 20.2. The highest BCUT2D eigenvalue weighted by atomic mass is 35.5. The summed E-state index contributed by atoms with van der Waals surface area (Å²) >= 11 is 5.56. The molecule has 1 aliphatic rings. The van der Waals surface area contributed by atoms with E-state index in [-0.39, 0.29) is 5.91 Å². The van der Waals surface area contributed by atoms with E-state index >= 15 is 0 Å². The lowest BCUT2D eigenvalue weighted by atomic mass is 10.2. The second-order valence-electron chi connectivity index (χ2n) is 6.20. The number of nitrogens with one attached hydrogen (secondary N) is 1. The molecule has 0 spiro atoms. The van der Waals surface area contributed by atoms with Crippen molar-refractivity contribution in [1.82, 2.24) is 14.5 Å². The molecule has 2 rings (SSSR count). The van der Waals surface area contributed by atoms with Crippen molar-refractivity contribution in [2.24, 2.45) is 0 Å². The van der Waals surface area contributed by atoms with E-state index in [1.165, 1.54) is 4.31 Å². The predicted molar refractivity (Wildman–Crippen MR) is 99.3 cm³/mol. The Labute approximate surface area is 155 Å². The SMILES string of the molecule is Cc1ccc(S(=O)(=O)N2CCN(CCNC(=O)CCCCl)CC2)cc1. The third kappa shape index (κ3) is 5.95. The maximum absolute atomic E-state index is 12.6. The summed E-state index contributed by atoms with van der Waals surface area (Å²) in [5, 5.41) is 2.87. The van der Waals surface area contributed by atoms with E-state index in [9.17, 15) is 13.2 Å². The fourth-order valence-electron chi connectivity index (χ4n) is 2.72. The van der Waals surface area contributed by atoms with Gasteiger partial charge >= 0.3 is 0 Å². The summed E-state index contributed by atoms with van der Waals surface area (Å²) < 4.78 is 26.8. The second kappa shape index (κ2) is 9.52. The average Bonchev–Trinajstić information content (AvgIpc) is 2.61. The number of carbonyl (C=O) groups is 1. The fraction of sp³-hybridized carbons (Fsp3) is 0.588. The summed E-state index contributed by atoms with van der Waals surface area (Å²) in [7, 11) is -3.42. The van der Waals surface area contributed by atoms with Crippen molar-refractivity contribution in [2.45, 2.75) is 24.7 Å². The normalized spacial score (nSPS) is 16.7. The quantitative estimate of drug-likeness (QED) is 0.685. The molecule has 8 heteroatoms. The van der Waals surface area contributed by atoms with Gasteiger partial charge in [-0.05, 0) is 25.5 Å². The lowest BCUT2D eigenvalue weighted by Gasteiger charge is -2.34. The maximum atomic E-state index is 12.6. The smallest absolute Gasteiger partial charge is 0.243 e. The Morgan fingerprint density at radius 1 is 1.16 bits per heavy atom. The number of hydrogen-bond donors (Lipinski definition) is 1. The summed E-state index contributed by atoms with van der Waals surface area (Å²) in [6, 6.07) is 6.95. The Hall–Kier alpha value is -1.15. The number of carbonyl (C=O) groups excluding carboxylic acids is 1. The monoisotopic (exact) mass is 387 g/mol. The van der Waals surface area contributed by atoms with Crippen LogP contribution in [-0.2, 0) is 14.8 Å². The Kier molecular flexibility index (Phi) is 7.68. The zero-order valence-electron chi connectivity index (χ0n) is 14.6. The van der Waals surface area contributed by atoms with Crippen LogP contribution in [0.15, 0.2) is 29.2 Å². The summed E-state index contributed by atoms with van der Waals surface area (Å²) in [5.41, 5.74) is 1.04. The van der Waals surface area contributed by atoms with Crippen LogP contribution in [0.4, 0.5) is 0 Å². The molecule has 1 fully saturated rings.